The van der Waals surface area contributed by atoms with E-state index in [4.69, 9.17) is 0 Å². The molecule has 0 bridgehead atoms. The average molecular weight is 220 g/mol. The average Bonchev–Trinajstić information content (AvgIpc) is 2.63. The molecule has 0 spiro atoms. The first-order chi connectivity index (χ1) is 7.68. The van der Waals surface area contributed by atoms with Crippen molar-refractivity contribution in [3.8, 4) is 0 Å². The second-order valence-electron chi connectivity index (χ2n) is 3.71. The summed E-state index contributed by atoms with van der Waals surface area (Å²) in [6.07, 6.45) is 2.48. The minimum atomic E-state index is -0.247. The number of halogens is 1. The third-order valence-electron chi connectivity index (χ3n) is 2.52. The summed E-state index contributed by atoms with van der Waals surface area (Å²) in [6, 6.07) is 4.99. The van der Waals surface area contributed by atoms with Crippen molar-refractivity contribution in [2.75, 3.05) is 6.54 Å². The molecule has 2 N–H and O–H groups in total. The second-order valence-corrected chi connectivity index (χ2v) is 3.71. The number of carbonyl (C=O) groups excluding carboxylic acids is 1. The van der Waals surface area contributed by atoms with E-state index in [1.807, 2.05) is 6.07 Å². The standard InChI is InChI=1S/C12H13FN2O/c1-8(16)14-6-5-9-7-15-12-10(9)3-2-4-11(12)13/h2-4,7,15H,5-6H2,1H3,(H,14,16). The summed E-state index contributed by atoms with van der Waals surface area (Å²) in [5.74, 6) is -0.297. The number of nitrogens with one attached hydrogen (secondary N) is 2. The van der Waals surface area contributed by atoms with E-state index in [9.17, 15) is 9.18 Å². The molecule has 2 rings (SSSR count). The summed E-state index contributed by atoms with van der Waals surface area (Å²) in [4.78, 5) is 13.6. The summed E-state index contributed by atoms with van der Waals surface area (Å²) in [5.41, 5.74) is 1.54. The van der Waals surface area contributed by atoms with Crippen LogP contribution < -0.4 is 5.32 Å². The van der Waals surface area contributed by atoms with Crippen molar-refractivity contribution in [3.63, 3.8) is 0 Å². The van der Waals surface area contributed by atoms with Gasteiger partial charge in [-0.05, 0) is 18.1 Å². The molecule has 16 heavy (non-hydrogen) atoms. The van der Waals surface area contributed by atoms with Crippen molar-refractivity contribution >= 4 is 16.8 Å². The van der Waals surface area contributed by atoms with Crippen LogP contribution in [0.1, 0.15) is 12.5 Å². The molecule has 84 valence electrons. The quantitative estimate of drug-likeness (QED) is 0.816. The highest BCUT2D eigenvalue weighted by Gasteiger charge is 2.06. The van der Waals surface area contributed by atoms with Crippen molar-refractivity contribution in [1.29, 1.82) is 0 Å². The van der Waals surface area contributed by atoms with Crippen LogP contribution in [-0.4, -0.2) is 17.4 Å². The van der Waals surface area contributed by atoms with E-state index in [0.717, 1.165) is 10.9 Å². The van der Waals surface area contributed by atoms with E-state index >= 15 is 0 Å². The molecule has 1 aromatic heterocycles. The Hall–Kier alpha value is -1.84. The fourth-order valence-electron chi connectivity index (χ4n) is 1.76. The number of carbonyl (C=O) groups is 1. The van der Waals surface area contributed by atoms with Crippen LogP contribution in [-0.2, 0) is 11.2 Å². The molecule has 1 aromatic carbocycles. The minimum Gasteiger partial charge on any atom is -0.359 e. The largest absolute Gasteiger partial charge is 0.359 e. The summed E-state index contributed by atoms with van der Waals surface area (Å²) in [7, 11) is 0. The lowest BCUT2D eigenvalue weighted by Crippen LogP contribution is -2.22. The summed E-state index contributed by atoms with van der Waals surface area (Å²) < 4.78 is 13.3. The van der Waals surface area contributed by atoms with Gasteiger partial charge < -0.3 is 10.3 Å². The number of H-pyrrole nitrogens is 1. The first-order valence-corrected chi connectivity index (χ1v) is 5.17. The van der Waals surface area contributed by atoms with Gasteiger partial charge in [0.25, 0.3) is 0 Å². The minimum absolute atomic E-state index is 0.0500. The van der Waals surface area contributed by atoms with E-state index in [-0.39, 0.29) is 11.7 Å². The molecule has 0 aliphatic carbocycles. The predicted octanol–water partition coefficient (Wildman–Crippen LogP) is 1.99. The van der Waals surface area contributed by atoms with E-state index < -0.39 is 0 Å². The number of amides is 1. The zero-order valence-corrected chi connectivity index (χ0v) is 9.01. The maximum atomic E-state index is 13.3. The number of para-hydroxylation sites is 1. The molecule has 4 heteroatoms. The molecule has 0 unspecified atom stereocenters. The summed E-state index contributed by atoms with van der Waals surface area (Å²) in [6.45, 7) is 2.05. The van der Waals surface area contributed by atoms with Crippen molar-refractivity contribution in [2.45, 2.75) is 13.3 Å². The van der Waals surface area contributed by atoms with Gasteiger partial charge in [-0.2, -0.15) is 0 Å². The SMILES string of the molecule is CC(=O)NCCc1c[nH]c2c(F)cccc12. The molecule has 2 aromatic rings. The lowest BCUT2D eigenvalue weighted by atomic mass is 10.1. The first kappa shape index (κ1) is 10.7. The van der Waals surface area contributed by atoms with E-state index in [2.05, 4.69) is 10.3 Å². The Balaban J connectivity index is 2.19. The van der Waals surface area contributed by atoms with Crippen LogP contribution in [0.25, 0.3) is 10.9 Å². The molecule has 0 aliphatic rings. The lowest BCUT2D eigenvalue weighted by Gasteiger charge is -2.00. The van der Waals surface area contributed by atoms with Gasteiger partial charge in [-0.15, -0.1) is 0 Å². The molecule has 0 fully saturated rings. The van der Waals surface area contributed by atoms with Crippen LogP contribution in [0.5, 0.6) is 0 Å². The number of aromatic nitrogens is 1. The van der Waals surface area contributed by atoms with Crippen LogP contribution in [0.2, 0.25) is 0 Å². The lowest BCUT2D eigenvalue weighted by molar-refractivity contribution is -0.118. The van der Waals surface area contributed by atoms with Crippen LogP contribution >= 0.6 is 0 Å². The second kappa shape index (κ2) is 4.35. The van der Waals surface area contributed by atoms with Gasteiger partial charge in [0.1, 0.15) is 5.82 Å². The molecule has 0 radical (unpaired) electrons. The highest BCUT2D eigenvalue weighted by atomic mass is 19.1. The third-order valence-corrected chi connectivity index (χ3v) is 2.52. The topological polar surface area (TPSA) is 44.9 Å². The van der Waals surface area contributed by atoms with Gasteiger partial charge in [0, 0.05) is 25.1 Å². The van der Waals surface area contributed by atoms with Crippen molar-refractivity contribution in [3.05, 3.63) is 35.8 Å². The Morgan fingerprint density at radius 2 is 2.31 bits per heavy atom. The van der Waals surface area contributed by atoms with Crippen LogP contribution in [0.15, 0.2) is 24.4 Å². The molecular weight excluding hydrogens is 207 g/mol. The Bertz CT molecular complexity index is 519. The van der Waals surface area contributed by atoms with Gasteiger partial charge in [-0.3, -0.25) is 4.79 Å². The summed E-state index contributed by atoms with van der Waals surface area (Å²) in [5, 5.41) is 3.60. The number of aromatic amines is 1. The predicted molar refractivity (Wildman–Crippen MR) is 60.6 cm³/mol. The number of hydrogen-bond acceptors (Lipinski definition) is 1. The third kappa shape index (κ3) is 2.05. The van der Waals surface area contributed by atoms with Gasteiger partial charge in [-0.1, -0.05) is 12.1 Å². The van der Waals surface area contributed by atoms with Crippen molar-refractivity contribution in [2.24, 2.45) is 0 Å². The molecule has 1 amide bonds. The van der Waals surface area contributed by atoms with Crippen LogP contribution in [0, 0.1) is 5.82 Å². The normalized spacial score (nSPS) is 10.6. The Kier molecular flexibility index (Phi) is 2.90. The van der Waals surface area contributed by atoms with Gasteiger partial charge in [0.2, 0.25) is 5.91 Å². The Labute approximate surface area is 92.7 Å². The zero-order valence-electron chi connectivity index (χ0n) is 9.01. The van der Waals surface area contributed by atoms with Gasteiger partial charge in [0.05, 0.1) is 5.52 Å². The first-order valence-electron chi connectivity index (χ1n) is 5.17. The number of hydrogen-bond donors (Lipinski definition) is 2. The van der Waals surface area contributed by atoms with Crippen LogP contribution in [0.3, 0.4) is 0 Å². The van der Waals surface area contributed by atoms with E-state index in [0.29, 0.717) is 18.5 Å². The summed E-state index contributed by atoms with van der Waals surface area (Å²) >= 11 is 0. The maximum absolute atomic E-state index is 13.3. The fourth-order valence-corrected chi connectivity index (χ4v) is 1.76. The maximum Gasteiger partial charge on any atom is 0.216 e. The molecule has 3 nitrogen and oxygen atoms in total. The van der Waals surface area contributed by atoms with Crippen molar-refractivity contribution < 1.29 is 9.18 Å². The van der Waals surface area contributed by atoms with Crippen molar-refractivity contribution in [1.82, 2.24) is 10.3 Å². The molecule has 0 saturated heterocycles. The Morgan fingerprint density at radius 3 is 3.06 bits per heavy atom. The number of rotatable bonds is 3. The van der Waals surface area contributed by atoms with E-state index in [1.165, 1.54) is 13.0 Å². The molecular formula is C12H13FN2O. The van der Waals surface area contributed by atoms with E-state index in [1.54, 1.807) is 12.3 Å². The number of fused-ring (bicyclic) bond motifs is 1. The monoisotopic (exact) mass is 220 g/mol. The van der Waals surface area contributed by atoms with Crippen LogP contribution in [0.4, 0.5) is 4.39 Å². The smallest absolute Gasteiger partial charge is 0.216 e. The molecule has 1 heterocycles. The molecule has 0 aliphatic heterocycles. The fraction of sp³-hybridized carbons (Fsp3) is 0.250. The van der Waals surface area contributed by atoms with Gasteiger partial charge >= 0.3 is 0 Å². The number of benzene rings is 1. The van der Waals surface area contributed by atoms with Gasteiger partial charge in [0.15, 0.2) is 0 Å². The molecule has 0 saturated carbocycles. The highest BCUT2D eigenvalue weighted by Crippen LogP contribution is 2.20. The molecule has 0 atom stereocenters. The zero-order chi connectivity index (χ0) is 11.5. The van der Waals surface area contributed by atoms with Gasteiger partial charge in [-0.25, -0.2) is 4.39 Å². The highest BCUT2D eigenvalue weighted by molar-refractivity contribution is 5.83. The Morgan fingerprint density at radius 1 is 1.50 bits per heavy atom.